The molecule has 0 fully saturated rings. The van der Waals surface area contributed by atoms with Crippen LogP contribution in [0.15, 0.2) is 18.3 Å². The molecule has 0 bridgehead atoms. The largest absolute Gasteiger partial charge is 0.350 e. The molecule has 0 saturated carbocycles. The van der Waals surface area contributed by atoms with Crippen molar-refractivity contribution in [3.63, 3.8) is 0 Å². The Kier molecular flexibility index (Phi) is 5.26. The zero-order chi connectivity index (χ0) is 12.9. The minimum atomic E-state index is 0.404. The summed E-state index contributed by atoms with van der Waals surface area (Å²) in [5.41, 5.74) is 1.81. The fraction of sp³-hybridized carbons (Fsp3) is 0.733. The Morgan fingerprint density at radius 3 is 2.65 bits per heavy atom. The molecule has 1 atom stereocenters. The van der Waals surface area contributed by atoms with Gasteiger partial charge in [-0.15, -0.1) is 0 Å². The van der Waals surface area contributed by atoms with Crippen LogP contribution in [0, 0.1) is 5.41 Å². The molecule has 0 aromatic carbocycles. The summed E-state index contributed by atoms with van der Waals surface area (Å²) in [5.74, 6) is 0. The van der Waals surface area contributed by atoms with Gasteiger partial charge in [0, 0.05) is 24.5 Å². The van der Waals surface area contributed by atoms with Gasteiger partial charge in [-0.25, -0.2) is 0 Å². The quantitative estimate of drug-likeness (QED) is 0.790. The van der Waals surface area contributed by atoms with E-state index in [0.29, 0.717) is 11.5 Å². The first-order valence-corrected chi connectivity index (χ1v) is 6.82. The smallest absolute Gasteiger partial charge is 0.0446 e. The highest BCUT2D eigenvalue weighted by Gasteiger charge is 2.13. The van der Waals surface area contributed by atoms with Crippen molar-refractivity contribution >= 4 is 0 Å². The minimum Gasteiger partial charge on any atom is -0.350 e. The van der Waals surface area contributed by atoms with Crippen molar-refractivity contribution in [2.75, 3.05) is 6.54 Å². The van der Waals surface area contributed by atoms with Crippen LogP contribution in [0.4, 0.5) is 0 Å². The molecule has 1 aromatic heterocycles. The standard InChI is InChI=1S/C15H28N2/c1-6-10-16-13(2)14-8-7-11-17(14)12-9-15(3,4)5/h7-8,11,13,16H,6,9-10,12H2,1-5H3. The molecule has 1 heterocycles. The molecule has 17 heavy (non-hydrogen) atoms. The number of aryl methyl sites for hydroxylation is 1. The van der Waals surface area contributed by atoms with Crippen LogP contribution in [0.3, 0.4) is 0 Å². The van der Waals surface area contributed by atoms with Gasteiger partial charge in [-0.3, -0.25) is 0 Å². The maximum atomic E-state index is 3.55. The second-order valence-corrected chi connectivity index (χ2v) is 6.11. The summed E-state index contributed by atoms with van der Waals surface area (Å²) in [7, 11) is 0. The first-order chi connectivity index (χ1) is 7.94. The van der Waals surface area contributed by atoms with Gasteiger partial charge in [0.25, 0.3) is 0 Å². The molecule has 1 aromatic rings. The summed E-state index contributed by atoms with van der Waals surface area (Å²) < 4.78 is 2.39. The van der Waals surface area contributed by atoms with E-state index in [-0.39, 0.29) is 0 Å². The zero-order valence-corrected chi connectivity index (χ0v) is 12.1. The van der Waals surface area contributed by atoms with Crippen molar-refractivity contribution in [2.45, 2.75) is 60.0 Å². The van der Waals surface area contributed by atoms with E-state index in [0.717, 1.165) is 13.1 Å². The molecule has 0 aliphatic heterocycles. The van der Waals surface area contributed by atoms with Gasteiger partial charge in [0.05, 0.1) is 0 Å². The van der Waals surface area contributed by atoms with Crippen molar-refractivity contribution in [3.8, 4) is 0 Å². The summed E-state index contributed by atoms with van der Waals surface area (Å²) in [4.78, 5) is 0. The van der Waals surface area contributed by atoms with Gasteiger partial charge in [0.1, 0.15) is 0 Å². The molecule has 0 radical (unpaired) electrons. The van der Waals surface area contributed by atoms with Crippen molar-refractivity contribution in [2.24, 2.45) is 5.41 Å². The van der Waals surface area contributed by atoms with Crippen molar-refractivity contribution in [1.82, 2.24) is 9.88 Å². The predicted molar refractivity (Wildman–Crippen MR) is 75.2 cm³/mol. The third-order valence-corrected chi connectivity index (χ3v) is 3.11. The summed E-state index contributed by atoms with van der Waals surface area (Å²) in [6.07, 6.45) is 4.60. The van der Waals surface area contributed by atoms with Gasteiger partial charge in [-0.05, 0) is 43.9 Å². The maximum Gasteiger partial charge on any atom is 0.0446 e. The monoisotopic (exact) mass is 236 g/mol. The van der Waals surface area contributed by atoms with E-state index in [1.807, 2.05) is 0 Å². The van der Waals surface area contributed by atoms with Crippen LogP contribution in [0.1, 0.15) is 59.2 Å². The summed E-state index contributed by atoms with van der Waals surface area (Å²) >= 11 is 0. The number of nitrogens with zero attached hydrogens (tertiary/aromatic N) is 1. The first-order valence-electron chi connectivity index (χ1n) is 6.82. The lowest BCUT2D eigenvalue weighted by molar-refractivity contribution is 0.345. The van der Waals surface area contributed by atoms with Crippen molar-refractivity contribution in [1.29, 1.82) is 0 Å². The molecule has 0 aliphatic rings. The van der Waals surface area contributed by atoms with Crippen molar-refractivity contribution in [3.05, 3.63) is 24.0 Å². The molecule has 0 spiro atoms. The fourth-order valence-corrected chi connectivity index (χ4v) is 1.95. The van der Waals surface area contributed by atoms with Gasteiger partial charge in [0.2, 0.25) is 0 Å². The Morgan fingerprint density at radius 1 is 1.35 bits per heavy atom. The van der Waals surface area contributed by atoms with Crippen LogP contribution in [0.5, 0.6) is 0 Å². The predicted octanol–water partition coefficient (Wildman–Crippen LogP) is 3.98. The lowest BCUT2D eigenvalue weighted by Crippen LogP contribution is -2.22. The maximum absolute atomic E-state index is 3.55. The average Bonchev–Trinajstić information content (AvgIpc) is 2.70. The second-order valence-electron chi connectivity index (χ2n) is 6.11. The third-order valence-electron chi connectivity index (χ3n) is 3.11. The Bertz CT molecular complexity index is 320. The van der Waals surface area contributed by atoms with Gasteiger partial charge >= 0.3 is 0 Å². The molecule has 2 nitrogen and oxygen atoms in total. The molecule has 1 rings (SSSR count). The summed E-state index contributed by atoms with van der Waals surface area (Å²) in [6.45, 7) is 13.6. The molecule has 0 saturated heterocycles. The van der Waals surface area contributed by atoms with E-state index in [1.165, 1.54) is 18.5 Å². The Morgan fingerprint density at radius 2 is 2.06 bits per heavy atom. The van der Waals surface area contributed by atoms with E-state index in [9.17, 15) is 0 Å². The van der Waals surface area contributed by atoms with E-state index >= 15 is 0 Å². The van der Waals surface area contributed by atoms with Gasteiger partial charge < -0.3 is 9.88 Å². The van der Waals surface area contributed by atoms with Crippen LogP contribution in [0.25, 0.3) is 0 Å². The molecule has 98 valence electrons. The number of rotatable bonds is 6. The van der Waals surface area contributed by atoms with Crippen molar-refractivity contribution < 1.29 is 0 Å². The second kappa shape index (κ2) is 6.25. The van der Waals surface area contributed by atoms with Crippen LogP contribution >= 0.6 is 0 Å². The highest BCUT2D eigenvalue weighted by atomic mass is 15.0. The Hall–Kier alpha value is -0.760. The SMILES string of the molecule is CCCNC(C)c1cccn1CCC(C)(C)C. The van der Waals surface area contributed by atoms with E-state index in [1.54, 1.807) is 0 Å². The molecule has 1 N–H and O–H groups in total. The average molecular weight is 236 g/mol. The molecule has 1 unspecified atom stereocenters. The van der Waals surface area contributed by atoms with Crippen LogP contribution in [-0.2, 0) is 6.54 Å². The van der Waals surface area contributed by atoms with Crippen LogP contribution < -0.4 is 5.32 Å². The number of hydrogen-bond donors (Lipinski definition) is 1. The highest BCUT2D eigenvalue weighted by Crippen LogP contribution is 2.21. The lowest BCUT2D eigenvalue weighted by atomic mass is 9.92. The van der Waals surface area contributed by atoms with E-state index in [4.69, 9.17) is 0 Å². The Balaban J connectivity index is 2.59. The summed E-state index contributed by atoms with van der Waals surface area (Å²) in [6, 6.07) is 4.84. The minimum absolute atomic E-state index is 0.404. The molecular formula is C15H28N2. The molecular weight excluding hydrogens is 208 g/mol. The van der Waals surface area contributed by atoms with Crippen LogP contribution in [-0.4, -0.2) is 11.1 Å². The molecule has 2 heteroatoms. The van der Waals surface area contributed by atoms with Crippen LogP contribution in [0.2, 0.25) is 0 Å². The highest BCUT2D eigenvalue weighted by molar-refractivity contribution is 5.11. The number of nitrogens with one attached hydrogen (secondary N) is 1. The normalized spacial score (nSPS) is 13.9. The van der Waals surface area contributed by atoms with Gasteiger partial charge in [-0.1, -0.05) is 27.7 Å². The molecule has 0 aliphatic carbocycles. The lowest BCUT2D eigenvalue weighted by Gasteiger charge is -2.21. The summed E-state index contributed by atoms with van der Waals surface area (Å²) in [5, 5.41) is 3.55. The third kappa shape index (κ3) is 4.95. The number of aromatic nitrogens is 1. The first kappa shape index (κ1) is 14.3. The van der Waals surface area contributed by atoms with Gasteiger partial charge in [-0.2, -0.15) is 0 Å². The topological polar surface area (TPSA) is 17.0 Å². The fourth-order valence-electron chi connectivity index (χ4n) is 1.95. The number of hydrogen-bond acceptors (Lipinski definition) is 1. The van der Waals surface area contributed by atoms with Gasteiger partial charge in [0.15, 0.2) is 0 Å². The van der Waals surface area contributed by atoms with E-state index in [2.05, 4.69) is 62.8 Å². The zero-order valence-electron chi connectivity index (χ0n) is 12.1. The van der Waals surface area contributed by atoms with E-state index < -0.39 is 0 Å². The molecule has 0 amide bonds. The Labute approximate surface area is 106 Å².